The number of nitrogens with one attached hydrogen (secondary N) is 3. The van der Waals surface area contributed by atoms with Crippen molar-refractivity contribution >= 4 is 27.9 Å². The van der Waals surface area contributed by atoms with Crippen molar-refractivity contribution in [2.75, 3.05) is 11.9 Å². The van der Waals surface area contributed by atoms with Gasteiger partial charge < -0.3 is 10.4 Å². The normalized spacial score (nSPS) is 26.1. The van der Waals surface area contributed by atoms with E-state index in [1.807, 2.05) is 0 Å². The van der Waals surface area contributed by atoms with Gasteiger partial charge in [0.2, 0.25) is 0 Å². The lowest BCUT2D eigenvalue weighted by Gasteiger charge is -2.50. The number of hydrogen-bond acceptors (Lipinski definition) is 6. The third-order valence-electron chi connectivity index (χ3n) is 6.40. The Kier molecular flexibility index (Phi) is 5.69. The van der Waals surface area contributed by atoms with Gasteiger partial charge in [0.15, 0.2) is 0 Å². The lowest BCUT2D eigenvalue weighted by Crippen LogP contribution is -2.66. The van der Waals surface area contributed by atoms with Crippen molar-refractivity contribution in [1.82, 2.24) is 20.0 Å². The molecule has 1 amide bonds. The van der Waals surface area contributed by atoms with Crippen molar-refractivity contribution in [3.63, 3.8) is 0 Å². The van der Waals surface area contributed by atoms with Crippen LogP contribution in [-0.4, -0.2) is 47.8 Å². The Hall–Kier alpha value is -2.99. The molecule has 4 rings (SSSR count). The molecule has 12 heteroatoms. The second kappa shape index (κ2) is 8.10. The molecule has 0 aliphatic carbocycles. The monoisotopic (exact) mass is 480 g/mol. The molecule has 0 bridgehead atoms. The molecular formula is C21H26F2N6O3S. The first-order chi connectivity index (χ1) is 15.5. The summed E-state index contributed by atoms with van der Waals surface area (Å²) in [6, 6.07) is 5.49. The van der Waals surface area contributed by atoms with E-state index in [1.165, 1.54) is 24.3 Å². The highest BCUT2D eigenvalue weighted by molar-refractivity contribution is 8.04. The molecule has 2 aromatic heterocycles. The molecule has 0 spiro atoms. The number of nitrogens with zero attached hydrogens (tertiary/aromatic N) is 3. The van der Waals surface area contributed by atoms with Gasteiger partial charge in [0.1, 0.15) is 34.5 Å². The molecule has 2 aliphatic rings. The molecule has 1 fully saturated rings. The van der Waals surface area contributed by atoms with E-state index in [0.29, 0.717) is 24.5 Å². The van der Waals surface area contributed by atoms with Crippen molar-refractivity contribution in [2.24, 2.45) is 4.99 Å². The maximum atomic E-state index is 15.1. The van der Waals surface area contributed by atoms with Gasteiger partial charge in [0.05, 0.1) is 28.4 Å². The number of halogens is 2. The summed E-state index contributed by atoms with van der Waals surface area (Å²) in [4.78, 5) is 24.5. The fourth-order valence-corrected chi connectivity index (χ4v) is 8.22. The average molecular weight is 481 g/mol. The van der Waals surface area contributed by atoms with Gasteiger partial charge in [-0.15, -0.1) is 0 Å². The Balaban J connectivity index is 1.75. The third-order valence-corrected chi connectivity index (χ3v) is 10.6. The van der Waals surface area contributed by atoms with E-state index in [-0.39, 0.29) is 18.1 Å². The molecule has 178 valence electrons. The summed E-state index contributed by atoms with van der Waals surface area (Å²) < 4.78 is 44.3. The molecule has 4 heterocycles. The first kappa shape index (κ1) is 23.2. The third kappa shape index (κ3) is 3.86. The molecule has 2 aliphatic heterocycles. The Morgan fingerprint density at radius 3 is 2.70 bits per heavy atom. The number of carbonyl (C=O) groups is 1. The Morgan fingerprint density at radius 1 is 1.27 bits per heavy atom. The maximum absolute atomic E-state index is 15.1. The highest BCUT2D eigenvalue weighted by atomic mass is 32.3. The Morgan fingerprint density at radius 2 is 2.03 bits per heavy atom. The van der Waals surface area contributed by atoms with Crippen LogP contribution in [0.2, 0.25) is 0 Å². The van der Waals surface area contributed by atoms with Crippen LogP contribution < -0.4 is 15.4 Å². The Bertz CT molecular complexity index is 1170. The number of rotatable bonds is 4. The van der Waals surface area contributed by atoms with Crippen LogP contribution in [0.3, 0.4) is 0 Å². The predicted octanol–water partition coefficient (Wildman–Crippen LogP) is 2.33. The second-order valence-electron chi connectivity index (χ2n) is 8.82. The summed E-state index contributed by atoms with van der Waals surface area (Å²) in [5.74, 6) is -0.763. The lowest BCUT2D eigenvalue weighted by atomic mass is 9.89. The number of aliphatic imine (C=N–C) groups is 1. The largest absolute Gasteiger partial charge is 0.465 e. The standard InChI is InChI=1S/C21H26F2N6O3S/c1-20(2)18(28-19(30)31)29-21(3,15-8-9-26-33(15,20)32)17-14(23)6-7-16(27-17)25-11-13-5-4-12(22)10-24-13/h4-7,10,15,33H,8-9,11H2,1-3H3,(H,25,27)(H,26,32)(H,28,29)(H,30,31)/t15-,21-/m0/s1. The first-order valence-corrected chi connectivity index (χ1v) is 12.2. The second-order valence-corrected chi connectivity index (χ2v) is 12.2. The van der Waals surface area contributed by atoms with Crippen molar-refractivity contribution in [3.05, 3.63) is 53.5 Å². The van der Waals surface area contributed by atoms with E-state index in [0.717, 1.165) is 6.20 Å². The molecule has 4 N–H and O–H groups in total. The van der Waals surface area contributed by atoms with Crippen molar-refractivity contribution in [3.8, 4) is 0 Å². The molecule has 0 saturated carbocycles. The number of thiol groups is 1. The minimum absolute atomic E-state index is 0.00144. The summed E-state index contributed by atoms with van der Waals surface area (Å²) in [6.45, 7) is 5.63. The van der Waals surface area contributed by atoms with Crippen LogP contribution in [0, 0.1) is 11.6 Å². The minimum atomic E-state index is -3.26. The van der Waals surface area contributed by atoms with Gasteiger partial charge in [0.25, 0.3) is 0 Å². The minimum Gasteiger partial charge on any atom is -0.465 e. The van der Waals surface area contributed by atoms with Gasteiger partial charge in [-0.2, -0.15) is 0 Å². The van der Waals surface area contributed by atoms with Gasteiger partial charge >= 0.3 is 6.09 Å². The molecule has 33 heavy (non-hydrogen) atoms. The van der Waals surface area contributed by atoms with Crippen LogP contribution in [0.5, 0.6) is 0 Å². The van der Waals surface area contributed by atoms with Gasteiger partial charge in [-0.1, -0.05) is 0 Å². The smallest absolute Gasteiger partial charge is 0.410 e. The fraction of sp³-hybridized carbons (Fsp3) is 0.429. The van der Waals surface area contributed by atoms with Gasteiger partial charge in [-0.05, 0) is 61.6 Å². The maximum Gasteiger partial charge on any atom is 0.410 e. The number of aromatic nitrogens is 2. The first-order valence-electron chi connectivity index (χ1n) is 10.4. The molecular weight excluding hydrogens is 454 g/mol. The lowest BCUT2D eigenvalue weighted by molar-refractivity contribution is 0.199. The molecule has 2 aromatic rings. The van der Waals surface area contributed by atoms with Gasteiger partial charge in [-0.3, -0.25) is 24.2 Å². The molecule has 1 saturated heterocycles. The average Bonchev–Trinajstić information content (AvgIpc) is 3.17. The van der Waals surface area contributed by atoms with Crippen LogP contribution in [0.25, 0.3) is 0 Å². The highest BCUT2D eigenvalue weighted by Crippen LogP contribution is 2.48. The molecule has 0 aromatic carbocycles. The van der Waals surface area contributed by atoms with Crippen molar-refractivity contribution in [2.45, 2.75) is 49.3 Å². The van der Waals surface area contributed by atoms with Crippen LogP contribution in [-0.2, 0) is 22.2 Å². The number of amidine groups is 1. The van der Waals surface area contributed by atoms with Gasteiger partial charge in [-0.25, -0.2) is 18.6 Å². The molecule has 0 unspecified atom stereocenters. The van der Waals surface area contributed by atoms with E-state index in [9.17, 15) is 18.5 Å². The number of fused-ring (bicyclic) bond motifs is 1. The SMILES string of the molecule is CC1(C)C(NC(=O)O)=N[C@](C)(c2nc(NCc3ccc(F)cn3)ccc2F)[C@@H]2CCN[SH]21=O. The Labute approximate surface area is 190 Å². The summed E-state index contributed by atoms with van der Waals surface area (Å²) in [7, 11) is -3.26. The van der Waals surface area contributed by atoms with Crippen molar-refractivity contribution < 1.29 is 22.9 Å². The van der Waals surface area contributed by atoms with Crippen LogP contribution in [0.4, 0.5) is 19.4 Å². The zero-order valence-electron chi connectivity index (χ0n) is 18.4. The van der Waals surface area contributed by atoms with Crippen molar-refractivity contribution in [1.29, 1.82) is 0 Å². The van der Waals surface area contributed by atoms with E-state index in [1.54, 1.807) is 20.8 Å². The number of pyridine rings is 2. The summed E-state index contributed by atoms with van der Waals surface area (Å²) >= 11 is 0. The number of anilines is 1. The zero-order chi connectivity index (χ0) is 24.0. The zero-order valence-corrected chi connectivity index (χ0v) is 19.3. The van der Waals surface area contributed by atoms with Gasteiger partial charge in [0, 0.05) is 6.54 Å². The number of hydrogen-bond donors (Lipinski definition) is 5. The summed E-state index contributed by atoms with van der Waals surface area (Å²) in [6.07, 6.45) is 0.227. The fourth-order valence-electron chi connectivity index (χ4n) is 4.56. The quantitative estimate of drug-likeness (QED) is 0.428. The van der Waals surface area contributed by atoms with Crippen LogP contribution in [0.1, 0.15) is 38.6 Å². The van der Waals surface area contributed by atoms with E-state index >= 15 is 4.39 Å². The number of carboxylic acid groups (broad SMARTS) is 1. The summed E-state index contributed by atoms with van der Waals surface area (Å²) in [5, 5.41) is 14.0. The highest BCUT2D eigenvalue weighted by Gasteiger charge is 2.59. The number of amides is 1. The summed E-state index contributed by atoms with van der Waals surface area (Å²) in [5.41, 5.74) is -0.846. The molecule has 0 radical (unpaired) electrons. The van der Waals surface area contributed by atoms with E-state index in [4.69, 9.17) is 0 Å². The molecule has 2 atom stereocenters. The van der Waals surface area contributed by atoms with Crippen LogP contribution >= 0.6 is 0 Å². The predicted molar refractivity (Wildman–Crippen MR) is 122 cm³/mol. The van der Waals surface area contributed by atoms with E-state index < -0.39 is 43.4 Å². The topological polar surface area (TPSA) is 129 Å². The van der Waals surface area contributed by atoms with Crippen LogP contribution in [0.15, 0.2) is 35.5 Å². The molecule has 9 nitrogen and oxygen atoms in total. The van der Waals surface area contributed by atoms with E-state index in [2.05, 4.69) is 30.3 Å².